The van der Waals surface area contributed by atoms with Crippen molar-refractivity contribution in [2.75, 3.05) is 53.5 Å². The van der Waals surface area contributed by atoms with Crippen molar-refractivity contribution in [3.8, 4) is 0 Å². The molecule has 4 rings (SSSR count). The highest BCUT2D eigenvalue weighted by Gasteiger charge is 2.36. The quantitative estimate of drug-likeness (QED) is 0.774. The van der Waals surface area contributed by atoms with Crippen LogP contribution in [0.15, 0.2) is 30.3 Å². The predicted octanol–water partition coefficient (Wildman–Crippen LogP) is 3.57. The lowest BCUT2D eigenvalue weighted by Crippen LogP contribution is -2.32. The Hall–Kier alpha value is -1.16. The number of likely N-dealkylation sites (tertiary alicyclic amines) is 2. The Morgan fingerprint density at radius 2 is 1.77 bits per heavy atom. The average Bonchev–Trinajstić information content (AvgIpc) is 3.28. The van der Waals surface area contributed by atoms with E-state index in [9.17, 15) is 0 Å². The Morgan fingerprint density at radius 1 is 1.00 bits per heavy atom. The number of fused-ring (bicyclic) bond motifs is 1. The van der Waals surface area contributed by atoms with Gasteiger partial charge in [-0.05, 0) is 81.9 Å². The first-order valence-corrected chi connectivity index (χ1v) is 10.6. The molecule has 0 bridgehead atoms. The third-order valence-corrected chi connectivity index (χ3v) is 6.50. The largest absolute Gasteiger partial charge is 0.303 e. The van der Waals surface area contributed by atoms with Crippen molar-refractivity contribution in [2.45, 2.75) is 32.1 Å². The van der Waals surface area contributed by atoms with Gasteiger partial charge in [0.25, 0.3) is 0 Å². The van der Waals surface area contributed by atoms with E-state index < -0.39 is 0 Å². The molecule has 0 N–H and O–H groups in total. The van der Waals surface area contributed by atoms with Gasteiger partial charge in [-0.25, -0.2) is 0 Å². The highest BCUT2D eigenvalue weighted by Crippen LogP contribution is 2.41. The van der Waals surface area contributed by atoms with E-state index in [4.69, 9.17) is 0 Å². The monoisotopic (exact) mass is 353 g/mol. The number of hydrogen-bond donors (Lipinski definition) is 0. The predicted molar refractivity (Wildman–Crippen MR) is 110 cm³/mol. The molecular weight excluding hydrogens is 318 g/mol. The Bertz CT molecular complexity index is 613. The first-order chi connectivity index (χ1) is 12.7. The zero-order valence-electron chi connectivity index (χ0n) is 16.7. The van der Waals surface area contributed by atoms with E-state index in [1.165, 1.54) is 76.0 Å². The highest BCUT2D eigenvalue weighted by molar-refractivity contribution is 5.69. The summed E-state index contributed by atoms with van der Waals surface area (Å²) in [4.78, 5) is 7.55. The number of hydrogen-bond acceptors (Lipinski definition) is 3. The summed E-state index contributed by atoms with van der Waals surface area (Å²) >= 11 is 0. The zero-order valence-corrected chi connectivity index (χ0v) is 16.7. The summed E-state index contributed by atoms with van der Waals surface area (Å²) in [5.41, 5.74) is 4.58. The summed E-state index contributed by atoms with van der Waals surface area (Å²) in [5, 5.41) is 0. The zero-order chi connectivity index (χ0) is 17.9. The summed E-state index contributed by atoms with van der Waals surface area (Å²) in [5.74, 6) is 1.59. The molecule has 2 aliphatic heterocycles. The Kier molecular flexibility index (Phi) is 5.78. The first kappa shape index (κ1) is 18.2. The van der Waals surface area contributed by atoms with Crippen LogP contribution in [0.1, 0.15) is 36.8 Å². The molecule has 2 unspecified atom stereocenters. The minimum atomic E-state index is 0.735. The summed E-state index contributed by atoms with van der Waals surface area (Å²) in [6, 6.07) is 9.54. The number of allylic oxidation sites excluding steroid dienone is 1. The number of nitrogens with zero attached hydrogens (tertiary/aromatic N) is 3. The average molecular weight is 354 g/mol. The molecule has 3 nitrogen and oxygen atoms in total. The molecule has 2 atom stereocenters. The van der Waals surface area contributed by atoms with Gasteiger partial charge in [-0.15, -0.1) is 0 Å². The van der Waals surface area contributed by atoms with Gasteiger partial charge in [-0.3, -0.25) is 9.80 Å². The van der Waals surface area contributed by atoms with Gasteiger partial charge in [0, 0.05) is 25.6 Å². The molecule has 0 spiro atoms. The van der Waals surface area contributed by atoms with Crippen molar-refractivity contribution in [1.82, 2.24) is 14.7 Å². The Balaban J connectivity index is 1.39. The smallest absolute Gasteiger partial charge is 0.0501 e. The maximum absolute atomic E-state index is 2.64. The fourth-order valence-electron chi connectivity index (χ4n) is 5.21. The molecule has 1 aromatic rings. The first-order valence-electron chi connectivity index (χ1n) is 10.6. The summed E-state index contributed by atoms with van der Waals surface area (Å²) in [6.45, 7) is 7.43. The molecule has 3 heteroatoms. The summed E-state index contributed by atoms with van der Waals surface area (Å²) in [6.07, 6.45) is 9.12. The van der Waals surface area contributed by atoms with Gasteiger partial charge in [0.15, 0.2) is 0 Å². The minimum Gasteiger partial charge on any atom is -0.303 e. The van der Waals surface area contributed by atoms with Crippen LogP contribution in [0, 0.1) is 11.8 Å². The third-order valence-electron chi connectivity index (χ3n) is 6.50. The van der Waals surface area contributed by atoms with Gasteiger partial charge in [0.2, 0.25) is 0 Å². The van der Waals surface area contributed by atoms with Crippen LogP contribution in [-0.4, -0.2) is 68.2 Å². The second-order valence-corrected chi connectivity index (χ2v) is 8.86. The van der Waals surface area contributed by atoms with Crippen molar-refractivity contribution < 1.29 is 0 Å². The van der Waals surface area contributed by atoms with Crippen molar-refractivity contribution in [1.29, 1.82) is 0 Å². The van der Waals surface area contributed by atoms with E-state index in [-0.39, 0.29) is 0 Å². The SMILES string of the molecule is CN(C)CN1CC2CCC=C(c3ccc(CCN4CCCC4)cc3)C2C1. The van der Waals surface area contributed by atoms with Crippen LogP contribution in [0.4, 0.5) is 0 Å². The second kappa shape index (κ2) is 8.24. The van der Waals surface area contributed by atoms with E-state index in [2.05, 4.69) is 59.1 Å². The van der Waals surface area contributed by atoms with E-state index in [1.807, 2.05) is 0 Å². The van der Waals surface area contributed by atoms with Crippen LogP contribution in [0.5, 0.6) is 0 Å². The van der Waals surface area contributed by atoms with Gasteiger partial charge < -0.3 is 4.90 Å². The van der Waals surface area contributed by atoms with Crippen molar-refractivity contribution in [2.24, 2.45) is 11.8 Å². The molecule has 2 saturated heterocycles. The summed E-state index contributed by atoms with van der Waals surface area (Å²) in [7, 11) is 4.36. The third kappa shape index (κ3) is 4.21. The standard InChI is InChI=1S/C23H35N3/c1-24(2)18-26-16-21-6-5-7-22(23(21)17-26)20-10-8-19(9-11-20)12-15-25-13-3-4-14-25/h7-11,21,23H,3-6,12-18H2,1-2H3. The lowest BCUT2D eigenvalue weighted by atomic mass is 9.78. The van der Waals surface area contributed by atoms with Crippen molar-refractivity contribution in [3.63, 3.8) is 0 Å². The molecule has 26 heavy (non-hydrogen) atoms. The van der Waals surface area contributed by atoms with E-state index >= 15 is 0 Å². The van der Waals surface area contributed by atoms with Gasteiger partial charge in [-0.1, -0.05) is 30.3 Å². The lowest BCUT2D eigenvalue weighted by Gasteiger charge is -2.26. The molecule has 0 aromatic heterocycles. The molecule has 0 amide bonds. The highest BCUT2D eigenvalue weighted by atomic mass is 15.3. The molecular formula is C23H35N3. The van der Waals surface area contributed by atoms with Crippen molar-refractivity contribution >= 4 is 5.57 Å². The fraction of sp³-hybridized carbons (Fsp3) is 0.652. The van der Waals surface area contributed by atoms with Crippen molar-refractivity contribution in [3.05, 3.63) is 41.5 Å². The Labute approximate surface area is 159 Å². The minimum absolute atomic E-state index is 0.735. The second-order valence-electron chi connectivity index (χ2n) is 8.86. The van der Waals surface area contributed by atoms with Gasteiger partial charge in [-0.2, -0.15) is 0 Å². The van der Waals surface area contributed by atoms with Crippen LogP contribution in [-0.2, 0) is 6.42 Å². The van der Waals surface area contributed by atoms with Crippen LogP contribution in [0.25, 0.3) is 5.57 Å². The van der Waals surface area contributed by atoms with E-state index in [0.29, 0.717) is 0 Å². The molecule has 2 fully saturated rings. The van der Waals surface area contributed by atoms with Crippen LogP contribution < -0.4 is 0 Å². The Morgan fingerprint density at radius 3 is 2.50 bits per heavy atom. The molecule has 2 heterocycles. The van der Waals surface area contributed by atoms with Crippen LogP contribution >= 0.6 is 0 Å². The molecule has 1 aromatic carbocycles. The van der Waals surface area contributed by atoms with Crippen LogP contribution in [0.3, 0.4) is 0 Å². The number of rotatable bonds is 6. The summed E-state index contributed by atoms with van der Waals surface area (Å²) < 4.78 is 0. The van der Waals surface area contributed by atoms with Gasteiger partial charge in [0.1, 0.15) is 0 Å². The topological polar surface area (TPSA) is 9.72 Å². The van der Waals surface area contributed by atoms with Crippen LogP contribution in [0.2, 0.25) is 0 Å². The molecule has 0 saturated carbocycles. The van der Waals surface area contributed by atoms with Gasteiger partial charge >= 0.3 is 0 Å². The fourth-order valence-corrected chi connectivity index (χ4v) is 5.21. The maximum atomic E-state index is 2.64. The number of benzene rings is 1. The normalized spacial score (nSPS) is 27.1. The lowest BCUT2D eigenvalue weighted by molar-refractivity contribution is 0.203. The molecule has 3 aliphatic rings. The molecule has 0 radical (unpaired) electrons. The van der Waals surface area contributed by atoms with Gasteiger partial charge in [0.05, 0.1) is 6.67 Å². The van der Waals surface area contributed by atoms with E-state index in [0.717, 1.165) is 18.5 Å². The molecule has 1 aliphatic carbocycles. The van der Waals surface area contributed by atoms with E-state index in [1.54, 1.807) is 5.57 Å². The molecule has 142 valence electrons. The maximum Gasteiger partial charge on any atom is 0.0501 e.